The first-order chi connectivity index (χ1) is 10.6. The van der Waals surface area contributed by atoms with Crippen LogP contribution in [0.25, 0.3) is 11.1 Å². The molecule has 2 N–H and O–H groups in total. The summed E-state index contributed by atoms with van der Waals surface area (Å²) in [7, 11) is 0. The molecule has 0 unspecified atom stereocenters. The van der Waals surface area contributed by atoms with Crippen molar-refractivity contribution in [1.29, 1.82) is 0 Å². The predicted octanol–water partition coefficient (Wildman–Crippen LogP) is 3.57. The molecule has 0 saturated carbocycles. The molecule has 5 heteroatoms. The molecule has 0 saturated heterocycles. The maximum atomic E-state index is 12.5. The largest absolute Gasteiger partial charge is 0.321 e. The van der Waals surface area contributed by atoms with Crippen molar-refractivity contribution < 1.29 is 9.59 Å². The Kier molecular flexibility index (Phi) is 2.74. The van der Waals surface area contributed by atoms with Gasteiger partial charge in [-0.25, -0.2) is 0 Å². The molecule has 2 aromatic rings. The first kappa shape index (κ1) is 13.3. The van der Waals surface area contributed by atoms with Gasteiger partial charge in [-0.15, -0.1) is 0 Å². The van der Waals surface area contributed by atoms with Gasteiger partial charge in [-0.3, -0.25) is 9.59 Å². The van der Waals surface area contributed by atoms with Gasteiger partial charge in [0.1, 0.15) is 0 Å². The van der Waals surface area contributed by atoms with Crippen LogP contribution >= 0.6 is 15.9 Å². The lowest BCUT2D eigenvalue weighted by molar-refractivity contribution is -0.112. The van der Waals surface area contributed by atoms with E-state index in [1.807, 2.05) is 43.3 Å². The fraction of sp³-hybridized carbons (Fsp3) is 0.0588. The fourth-order valence-electron chi connectivity index (χ4n) is 3.02. The Morgan fingerprint density at radius 2 is 1.59 bits per heavy atom. The Morgan fingerprint density at radius 3 is 2.41 bits per heavy atom. The number of rotatable bonds is 0. The van der Waals surface area contributed by atoms with Crippen molar-refractivity contribution in [2.24, 2.45) is 0 Å². The number of para-hydroxylation sites is 1. The molecular weight excluding hydrogens is 344 g/mol. The molecule has 22 heavy (non-hydrogen) atoms. The molecule has 0 bridgehead atoms. The van der Waals surface area contributed by atoms with Crippen molar-refractivity contribution >= 4 is 50.3 Å². The lowest BCUT2D eigenvalue weighted by Gasteiger charge is -2.05. The van der Waals surface area contributed by atoms with Crippen LogP contribution in [0.3, 0.4) is 0 Å². The molecule has 0 aliphatic carbocycles. The van der Waals surface area contributed by atoms with Gasteiger partial charge in [0.25, 0.3) is 11.8 Å². The molecule has 0 fully saturated rings. The van der Waals surface area contributed by atoms with Gasteiger partial charge >= 0.3 is 0 Å². The minimum absolute atomic E-state index is 0.238. The molecule has 0 radical (unpaired) electrons. The number of carbonyl (C=O) groups is 2. The Bertz CT molecular complexity index is 900. The summed E-state index contributed by atoms with van der Waals surface area (Å²) >= 11 is 3.46. The zero-order valence-corrected chi connectivity index (χ0v) is 13.2. The van der Waals surface area contributed by atoms with Gasteiger partial charge in [0.15, 0.2) is 0 Å². The van der Waals surface area contributed by atoms with E-state index in [1.54, 1.807) is 0 Å². The van der Waals surface area contributed by atoms with Crippen LogP contribution in [0.15, 0.2) is 40.9 Å². The summed E-state index contributed by atoms with van der Waals surface area (Å²) in [6.45, 7) is 1.93. The number of halogens is 1. The van der Waals surface area contributed by atoms with Crippen molar-refractivity contribution in [2.45, 2.75) is 6.92 Å². The molecule has 2 aliphatic rings. The summed E-state index contributed by atoms with van der Waals surface area (Å²) in [5, 5.41) is 5.69. The summed E-state index contributed by atoms with van der Waals surface area (Å²) in [5.74, 6) is -0.477. The Hall–Kier alpha value is -2.40. The lowest BCUT2D eigenvalue weighted by Crippen LogP contribution is -2.10. The highest BCUT2D eigenvalue weighted by atomic mass is 79.9. The highest BCUT2D eigenvalue weighted by Gasteiger charge is 2.35. The van der Waals surface area contributed by atoms with Crippen LogP contribution in [-0.2, 0) is 9.59 Å². The number of benzene rings is 2. The highest BCUT2D eigenvalue weighted by Crippen LogP contribution is 2.43. The first-order valence-corrected chi connectivity index (χ1v) is 7.62. The standard InChI is InChI=1S/C17H11BrN2O2/c1-8-6-9(18)7-11-14(17(22)20-15(8)11)13-10-4-2-3-5-12(10)19-16(13)21/h2-7H,1H3,(H,19,21)(H,20,22)/b14-13+. The minimum atomic E-state index is -0.239. The van der Waals surface area contributed by atoms with Crippen molar-refractivity contribution in [3.63, 3.8) is 0 Å². The molecule has 2 aliphatic heterocycles. The van der Waals surface area contributed by atoms with Crippen molar-refractivity contribution in [3.05, 3.63) is 57.6 Å². The van der Waals surface area contributed by atoms with Gasteiger partial charge in [0, 0.05) is 21.3 Å². The number of nitrogens with one attached hydrogen (secondary N) is 2. The number of hydrogen-bond donors (Lipinski definition) is 2. The van der Waals surface area contributed by atoms with E-state index in [-0.39, 0.29) is 11.8 Å². The Balaban J connectivity index is 2.06. The third kappa shape index (κ3) is 1.75. The highest BCUT2D eigenvalue weighted by molar-refractivity contribution is 9.10. The number of fused-ring (bicyclic) bond motifs is 2. The van der Waals surface area contributed by atoms with E-state index < -0.39 is 0 Å². The van der Waals surface area contributed by atoms with Gasteiger partial charge in [-0.05, 0) is 30.7 Å². The van der Waals surface area contributed by atoms with Gasteiger partial charge < -0.3 is 10.6 Å². The Morgan fingerprint density at radius 1 is 0.909 bits per heavy atom. The van der Waals surface area contributed by atoms with Crippen LogP contribution in [0.2, 0.25) is 0 Å². The third-order valence-corrected chi connectivity index (χ3v) is 4.41. The number of aryl methyl sites for hydroxylation is 1. The second-order valence-electron chi connectivity index (χ2n) is 5.35. The molecule has 2 aromatic carbocycles. The second kappa shape index (κ2) is 4.55. The van der Waals surface area contributed by atoms with Crippen molar-refractivity contribution in [1.82, 2.24) is 0 Å². The zero-order valence-electron chi connectivity index (χ0n) is 11.7. The van der Waals surface area contributed by atoms with Gasteiger partial charge in [-0.1, -0.05) is 34.1 Å². The molecule has 2 heterocycles. The average Bonchev–Trinajstić information content (AvgIpc) is 2.95. The van der Waals surface area contributed by atoms with Gasteiger partial charge in [0.05, 0.1) is 16.8 Å². The Labute approximate surface area is 135 Å². The maximum absolute atomic E-state index is 12.5. The zero-order chi connectivity index (χ0) is 15.4. The van der Waals surface area contributed by atoms with E-state index in [9.17, 15) is 9.59 Å². The molecule has 108 valence electrons. The molecule has 2 amide bonds. The summed E-state index contributed by atoms with van der Waals surface area (Å²) in [5.41, 5.74) is 4.86. The maximum Gasteiger partial charge on any atom is 0.257 e. The second-order valence-corrected chi connectivity index (χ2v) is 6.26. The minimum Gasteiger partial charge on any atom is -0.321 e. The number of anilines is 2. The van der Waals surface area contributed by atoms with E-state index >= 15 is 0 Å². The molecule has 0 atom stereocenters. The van der Waals surface area contributed by atoms with E-state index in [1.165, 1.54) is 0 Å². The molecule has 4 nitrogen and oxygen atoms in total. The molecular formula is C17H11BrN2O2. The molecule has 0 aromatic heterocycles. The van der Waals surface area contributed by atoms with Gasteiger partial charge in [0.2, 0.25) is 0 Å². The van der Waals surface area contributed by atoms with Crippen molar-refractivity contribution in [2.75, 3.05) is 10.6 Å². The monoisotopic (exact) mass is 354 g/mol. The van der Waals surface area contributed by atoms with Crippen LogP contribution in [-0.4, -0.2) is 11.8 Å². The van der Waals surface area contributed by atoms with Crippen molar-refractivity contribution in [3.8, 4) is 0 Å². The smallest absolute Gasteiger partial charge is 0.257 e. The summed E-state index contributed by atoms with van der Waals surface area (Å²) in [6.07, 6.45) is 0. The van der Waals surface area contributed by atoms with Crippen LogP contribution in [0.1, 0.15) is 16.7 Å². The quantitative estimate of drug-likeness (QED) is 0.710. The van der Waals surface area contributed by atoms with E-state index in [0.29, 0.717) is 11.1 Å². The topological polar surface area (TPSA) is 58.2 Å². The number of carbonyl (C=O) groups excluding carboxylic acids is 2. The van der Waals surface area contributed by atoms with E-state index in [2.05, 4.69) is 26.6 Å². The number of hydrogen-bond acceptors (Lipinski definition) is 2. The first-order valence-electron chi connectivity index (χ1n) is 6.83. The van der Waals surface area contributed by atoms with Crippen LogP contribution < -0.4 is 10.6 Å². The van der Waals surface area contributed by atoms with Gasteiger partial charge in [-0.2, -0.15) is 0 Å². The van der Waals surface area contributed by atoms with Crippen LogP contribution in [0.5, 0.6) is 0 Å². The van der Waals surface area contributed by atoms with E-state index in [0.717, 1.165) is 32.5 Å². The fourth-order valence-corrected chi connectivity index (χ4v) is 3.59. The summed E-state index contributed by atoms with van der Waals surface area (Å²) in [4.78, 5) is 24.9. The predicted molar refractivity (Wildman–Crippen MR) is 89.4 cm³/mol. The van der Waals surface area contributed by atoms with Crippen LogP contribution in [0, 0.1) is 6.92 Å². The average molecular weight is 355 g/mol. The van der Waals surface area contributed by atoms with Crippen LogP contribution in [0.4, 0.5) is 11.4 Å². The number of amides is 2. The van der Waals surface area contributed by atoms with E-state index in [4.69, 9.17) is 0 Å². The lowest BCUT2D eigenvalue weighted by atomic mass is 9.95. The molecule has 4 rings (SSSR count). The SMILES string of the molecule is Cc1cc(Br)cc2c1NC(=O)/C2=C1/C(=O)Nc2ccccc21. The summed E-state index contributed by atoms with van der Waals surface area (Å²) < 4.78 is 0.880. The molecule has 0 spiro atoms. The summed E-state index contributed by atoms with van der Waals surface area (Å²) in [6, 6.07) is 11.2. The third-order valence-electron chi connectivity index (χ3n) is 3.96. The normalized spacial score (nSPS) is 18.8.